The fourth-order valence-corrected chi connectivity index (χ4v) is 1.96. The highest BCUT2D eigenvalue weighted by molar-refractivity contribution is 9.10. The predicted molar refractivity (Wildman–Crippen MR) is 86.8 cm³/mol. The van der Waals surface area contributed by atoms with E-state index in [2.05, 4.69) is 26.5 Å². The van der Waals surface area contributed by atoms with Gasteiger partial charge in [0.1, 0.15) is 5.75 Å². The molecule has 2 rings (SSSR count). The maximum absolute atomic E-state index is 12.0. The number of amides is 1. The Labute approximate surface area is 132 Å². The summed E-state index contributed by atoms with van der Waals surface area (Å²) < 4.78 is 6.05. The van der Waals surface area contributed by atoms with Crippen LogP contribution in [0.15, 0.2) is 58.1 Å². The minimum absolute atomic E-state index is 0.255. The molecule has 0 aliphatic carbocycles. The third kappa shape index (κ3) is 4.16. The lowest BCUT2D eigenvalue weighted by molar-refractivity contribution is 0.0955. The van der Waals surface area contributed by atoms with Gasteiger partial charge in [-0.25, -0.2) is 5.43 Å². The SMILES string of the molecule is COc1ccc(C(=O)NN=C(C)c2ccc(Br)cc2)cc1. The number of halogens is 1. The highest BCUT2D eigenvalue weighted by Gasteiger charge is 2.05. The lowest BCUT2D eigenvalue weighted by Gasteiger charge is -2.04. The summed E-state index contributed by atoms with van der Waals surface area (Å²) in [5.74, 6) is 0.454. The Morgan fingerprint density at radius 3 is 2.19 bits per heavy atom. The molecule has 0 heterocycles. The topological polar surface area (TPSA) is 50.7 Å². The van der Waals surface area contributed by atoms with Gasteiger partial charge >= 0.3 is 0 Å². The molecule has 0 atom stereocenters. The second kappa shape index (κ2) is 7.04. The van der Waals surface area contributed by atoms with Crippen molar-refractivity contribution >= 4 is 27.5 Å². The van der Waals surface area contributed by atoms with E-state index >= 15 is 0 Å². The van der Waals surface area contributed by atoms with Crippen LogP contribution in [0.5, 0.6) is 5.75 Å². The van der Waals surface area contributed by atoms with Crippen molar-refractivity contribution in [1.29, 1.82) is 0 Å². The number of methoxy groups -OCH3 is 1. The first-order chi connectivity index (χ1) is 10.1. The van der Waals surface area contributed by atoms with E-state index in [1.54, 1.807) is 31.4 Å². The molecule has 0 fully saturated rings. The van der Waals surface area contributed by atoms with Gasteiger partial charge in [0.05, 0.1) is 12.8 Å². The molecule has 2 aromatic rings. The van der Waals surface area contributed by atoms with Gasteiger partial charge in [-0.1, -0.05) is 28.1 Å². The average Bonchev–Trinajstić information content (AvgIpc) is 2.53. The maximum atomic E-state index is 12.0. The van der Waals surface area contributed by atoms with Crippen molar-refractivity contribution in [3.05, 3.63) is 64.1 Å². The van der Waals surface area contributed by atoms with E-state index in [0.29, 0.717) is 11.3 Å². The summed E-state index contributed by atoms with van der Waals surface area (Å²) in [7, 11) is 1.58. The molecule has 0 aliphatic rings. The van der Waals surface area contributed by atoms with E-state index < -0.39 is 0 Å². The fraction of sp³-hybridized carbons (Fsp3) is 0.125. The standard InChI is InChI=1S/C16H15BrN2O2/c1-11(12-3-7-14(17)8-4-12)18-19-16(20)13-5-9-15(21-2)10-6-13/h3-10H,1-2H3,(H,19,20). The summed E-state index contributed by atoms with van der Waals surface area (Å²) in [5, 5.41) is 4.11. The van der Waals surface area contributed by atoms with Gasteiger partial charge in [0.15, 0.2) is 0 Å². The first-order valence-corrected chi connectivity index (χ1v) is 7.14. The number of nitrogens with zero attached hydrogens (tertiary/aromatic N) is 1. The molecule has 0 unspecified atom stereocenters. The number of nitrogens with one attached hydrogen (secondary N) is 1. The Hall–Kier alpha value is -2.14. The van der Waals surface area contributed by atoms with Crippen LogP contribution in [0.3, 0.4) is 0 Å². The van der Waals surface area contributed by atoms with Crippen molar-refractivity contribution in [2.45, 2.75) is 6.92 Å². The molecule has 108 valence electrons. The third-order valence-corrected chi connectivity index (χ3v) is 3.47. The van der Waals surface area contributed by atoms with E-state index in [4.69, 9.17) is 4.74 Å². The number of rotatable bonds is 4. The number of carbonyl (C=O) groups is 1. The molecular weight excluding hydrogens is 332 g/mol. The Kier molecular flexibility index (Phi) is 5.11. The van der Waals surface area contributed by atoms with Crippen molar-refractivity contribution in [2.24, 2.45) is 5.10 Å². The van der Waals surface area contributed by atoms with Crippen LogP contribution in [-0.4, -0.2) is 18.7 Å². The van der Waals surface area contributed by atoms with Gasteiger partial charge in [-0.15, -0.1) is 0 Å². The molecule has 1 amide bonds. The second-order valence-electron chi connectivity index (χ2n) is 4.37. The molecule has 0 aliphatic heterocycles. The Balaban J connectivity index is 2.04. The Bertz CT molecular complexity index is 649. The second-order valence-corrected chi connectivity index (χ2v) is 5.29. The number of benzene rings is 2. The van der Waals surface area contributed by atoms with Crippen molar-refractivity contribution in [2.75, 3.05) is 7.11 Å². The van der Waals surface area contributed by atoms with E-state index in [-0.39, 0.29) is 5.91 Å². The summed E-state index contributed by atoms with van der Waals surface area (Å²) in [6.45, 7) is 1.84. The smallest absolute Gasteiger partial charge is 0.271 e. The van der Waals surface area contributed by atoms with E-state index in [1.165, 1.54) is 0 Å². The molecule has 21 heavy (non-hydrogen) atoms. The molecule has 5 heteroatoms. The fourth-order valence-electron chi connectivity index (χ4n) is 1.70. The van der Waals surface area contributed by atoms with Crippen molar-refractivity contribution in [1.82, 2.24) is 5.43 Å². The quantitative estimate of drug-likeness (QED) is 0.679. The molecule has 2 aromatic carbocycles. The normalized spacial score (nSPS) is 11.1. The van der Waals surface area contributed by atoms with Crippen molar-refractivity contribution < 1.29 is 9.53 Å². The molecule has 1 N–H and O–H groups in total. The Morgan fingerprint density at radius 1 is 1.05 bits per heavy atom. The van der Waals surface area contributed by atoms with Gasteiger partial charge in [0.25, 0.3) is 5.91 Å². The first kappa shape index (κ1) is 15.3. The van der Waals surface area contributed by atoms with Gasteiger partial charge in [-0.2, -0.15) is 5.10 Å². The van der Waals surface area contributed by atoms with E-state index in [1.807, 2.05) is 31.2 Å². The zero-order chi connectivity index (χ0) is 15.2. The van der Waals surface area contributed by atoms with Crippen LogP contribution in [0.2, 0.25) is 0 Å². The van der Waals surface area contributed by atoms with Crippen LogP contribution in [0.25, 0.3) is 0 Å². The lowest BCUT2D eigenvalue weighted by Crippen LogP contribution is -2.19. The molecule has 0 radical (unpaired) electrons. The maximum Gasteiger partial charge on any atom is 0.271 e. The highest BCUT2D eigenvalue weighted by Crippen LogP contribution is 2.12. The third-order valence-electron chi connectivity index (χ3n) is 2.94. The summed E-state index contributed by atoms with van der Waals surface area (Å²) in [4.78, 5) is 12.0. The predicted octanol–water partition coefficient (Wildman–Crippen LogP) is 3.61. The van der Waals surface area contributed by atoms with E-state index in [9.17, 15) is 4.79 Å². The molecule has 0 aromatic heterocycles. The average molecular weight is 347 g/mol. The van der Waals surface area contributed by atoms with Crippen LogP contribution >= 0.6 is 15.9 Å². The van der Waals surface area contributed by atoms with Gasteiger partial charge in [0, 0.05) is 10.0 Å². The van der Waals surface area contributed by atoms with Gasteiger partial charge in [-0.05, 0) is 48.9 Å². The minimum Gasteiger partial charge on any atom is -0.497 e. The van der Waals surface area contributed by atoms with Gasteiger partial charge in [0.2, 0.25) is 0 Å². The molecule has 0 spiro atoms. The van der Waals surface area contributed by atoms with Crippen LogP contribution < -0.4 is 10.2 Å². The zero-order valence-electron chi connectivity index (χ0n) is 11.8. The molecular formula is C16H15BrN2O2. The molecule has 4 nitrogen and oxygen atoms in total. The molecule has 0 saturated heterocycles. The monoisotopic (exact) mass is 346 g/mol. The summed E-state index contributed by atoms with van der Waals surface area (Å²) in [6, 6.07) is 14.6. The highest BCUT2D eigenvalue weighted by atomic mass is 79.9. The number of ether oxygens (including phenoxy) is 1. The summed E-state index contributed by atoms with van der Waals surface area (Å²) in [6.07, 6.45) is 0. The molecule has 0 bridgehead atoms. The number of hydrogen-bond donors (Lipinski definition) is 1. The number of hydrazone groups is 1. The lowest BCUT2D eigenvalue weighted by atomic mass is 10.1. The van der Waals surface area contributed by atoms with Crippen molar-refractivity contribution in [3.8, 4) is 5.75 Å². The first-order valence-electron chi connectivity index (χ1n) is 6.35. The van der Waals surface area contributed by atoms with Crippen LogP contribution in [-0.2, 0) is 0 Å². The minimum atomic E-state index is -0.255. The van der Waals surface area contributed by atoms with E-state index in [0.717, 1.165) is 15.7 Å². The Morgan fingerprint density at radius 2 is 1.62 bits per heavy atom. The van der Waals surface area contributed by atoms with Crippen LogP contribution in [0, 0.1) is 0 Å². The van der Waals surface area contributed by atoms with Gasteiger partial charge in [-0.3, -0.25) is 4.79 Å². The van der Waals surface area contributed by atoms with Gasteiger partial charge < -0.3 is 4.74 Å². The number of hydrogen-bond acceptors (Lipinski definition) is 3. The zero-order valence-corrected chi connectivity index (χ0v) is 13.3. The number of carbonyl (C=O) groups excluding carboxylic acids is 1. The summed E-state index contributed by atoms with van der Waals surface area (Å²) >= 11 is 3.38. The van der Waals surface area contributed by atoms with Crippen molar-refractivity contribution in [3.63, 3.8) is 0 Å². The van der Waals surface area contributed by atoms with Crippen LogP contribution in [0.1, 0.15) is 22.8 Å². The van der Waals surface area contributed by atoms with Crippen LogP contribution in [0.4, 0.5) is 0 Å². The summed E-state index contributed by atoms with van der Waals surface area (Å²) in [5.41, 5.74) is 4.77. The molecule has 0 saturated carbocycles. The largest absolute Gasteiger partial charge is 0.497 e.